The molecule has 0 atom stereocenters. The second-order valence-electron chi connectivity index (χ2n) is 5.21. The maximum absolute atomic E-state index is 12.6. The van der Waals surface area contributed by atoms with Gasteiger partial charge in [-0.2, -0.15) is 5.26 Å². The van der Waals surface area contributed by atoms with E-state index in [-0.39, 0.29) is 17.1 Å². The summed E-state index contributed by atoms with van der Waals surface area (Å²) < 4.78 is 35.2. The van der Waals surface area contributed by atoms with Gasteiger partial charge in [0.15, 0.2) is 4.91 Å². The number of benzene rings is 2. The summed E-state index contributed by atoms with van der Waals surface area (Å²) in [6.07, 6.45) is 1.05. The number of carbonyl (C=O) groups excluding carboxylic acids is 1. The number of esters is 1. The van der Waals surface area contributed by atoms with Gasteiger partial charge < -0.3 is 14.8 Å². The van der Waals surface area contributed by atoms with Crippen LogP contribution >= 0.6 is 0 Å². The number of hydrogen-bond acceptors (Lipinski definition) is 7. The Balaban J connectivity index is 2.34. The van der Waals surface area contributed by atoms with Gasteiger partial charge in [0.05, 0.1) is 29.9 Å². The summed E-state index contributed by atoms with van der Waals surface area (Å²) in [4.78, 5) is 11.4. The summed E-state index contributed by atoms with van der Waals surface area (Å²) in [6.45, 7) is 1.89. The molecule has 0 heterocycles. The van der Waals surface area contributed by atoms with Crippen LogP contribution in [0.15, 0.2) is 64.5 Å². The number of methoxy groups -OCH3 is 1. The van der Waals surface area contributed by atoms with E-state index in [0.29, 0.717) is 11.4 Å². The Morgan fingerprint density at radius 2 is 1.85 bits per heavy atom. The zero-order chi connectivity index (χ0) is 19.9. The number of nitriles is 1. The van der Waals surface area contributed by atoms with Crippen molar-refractivity contribution in [3.63, 3.8) is 0 Å². The predicted molar refractivity (Wildman–Crippen MR) is 99.9 cm³/mol. The van der Waals surface area contributed by atoms with Crippen LogP contribution in [-0.4, -0.2) is 28.1 Å². The molecular weight excluding hydrogens is 368 g/mol. The smallest absolute Gasteiger partial charge is 0.340 e. The number of nitrogens with zero attached hydrogens (tertiary/aromatic N) is 1. The Kier molecular flexibility index (Phi) is 6.57. The van der Waals surface area contributed by atoms with Gasteiger partial charge in [-0.1, -0.05) is 12.1 Å². The lowest BCUT2D eigenvalue weighted by Crippen LogP contribution is -2.09. The summed E-state index contributed by atoms with van der Waals surface area (Å²) in [5.41, 5.74) is 0.559. The molecule has 0 aromatic heterocycles. The minimum absolute atomic E-state index is 0.0448. The maximum atomic E-state index is 12.6. The first-order valence-electron chi connectivity index (χ1n) is 7.96. The van der Waals surface area contributed by atoms with E-state index in [1.807, 2.05) is 0 Å². The standard InChI is InChI=1S/C19H18N2O5S/c1-3-26-19(22)17-6-4-5-7-18(17)21-13-16(12-20)27(23,24)15-10-8-14(25-2)9-11-15/h4-11,13,21H,3H2,1-2H3/b16-13+. The van der Waals surface area contributed by atoms with E-state index in [4.69, 9.17) is 9.47 Å². The first-order chi connectivity index (χ1) is 12.9. The van der Waals surface area contributed by atoms with Gasteiger partial charge in [0.25, 0.3) is 0 Å². The van der Waals surface area contributed by atoms with Crippen LogP contribution in [0.2, 0.25) is 0 Å². The van der Waals surface area contributed by atoms with Crippen molar-refractivity contribution in [1.29, 1.82) is 5.26 Å². The molecule has 0 amide bonds. The lowest BCUT2D eigenvalue weighted by atomic mass is 10.2. The fourth-order valence-electron chi connectivity index (χ4n) is 2.19. The van der Waals surface area contributed by atoms with Crippen molar-refractivity contribution in [2.45, 2.75) is 11.8 Å². The molecule has 0 aliphatic rings. The van der Waals surface area contributed by atoms with E-state index in [1.54, 1.807) is 31.2 Å². The number of ether oxygens (including phenoxy) is 2. The molecule has 8 heteroatoms. The van der Waals surface area contributed by atoms with Gasteiger partial charge in [-0.15, -0.1) is 0 Å². The maximum Gasteiger partial charge on any atom is 0.340 e. The number of rotatable bonds is 7. The third kappa shape index (κ3) is 4.65. The number of para-hydroxylation sites is 1. The molecule has 0 saturated heterocycles. The van der Waals surface area contributed by atoms with Crippen molar-refractivity contribution in [3.05, 3.63) is 65.2 Å². The number of allylic oxidation sites excluding steroid dienone is 1. The Morgan fingerprint density at radius 3 is 2.44 bits per heavy atom. The fourth-order valence-corrected chi connectivity index (χ4v) is 3.27. The van der Waals surface area contributed by atoms with Crippen LogP contribution in [0.3, 0.4) is 0 Å². The molecule has 2 rings (SSSR count). The van der Waals surface area contributed by atoms with Gasteiger partial charge in [0.1, 0.15) is 11.8 Å². The Labute approximate surface area is 157 Å². The van der Waals surface area contributed by atoms with Crippen molar-refractivity contribution >= 4 is 21.5 Å². The van der Waals surface area contributed by atoms with Crippen molar-refractivity contribution in [1.82, 2.24) is 0 Å². The summed E-state index contributed by atoms with van der Waals surface area (Å²) in [5, 5.41) is 12.0. The lowest BCUT2D eigenvalue weighted by Gasteiger charge is -2.09. The third-order valence-electron chi connectivity index (χ3n) is 3.55. The highest BCUT2D eigenvalue weighted by Gasteiger charge is 2.21. The fraction of sp³-hybridized carbons (Fsp3) is 0.158. The molecule has 0 unspecified atom stereocenters. The van der Waals surface area contributed by atoms with Gasteiger partial charge >= 0.3 is 5.97 Å². The largest absolute Gasteiger partial charge is 0.497 e. The van der Waals surface area contributed by atoms with Crippen LogP contribution in [0.4, 0.5) is 5.69 Å². The summed E-state index contributed by atoms with van der Waals surface area (Å²) in [7, 11) is -2.56. The first kappa shape index (κ1) is 20.0. The van der Waals surface area contributed by atoms with Gasteiger partial charge in [0.2, 0.25) is 9.84 Å². The van der Waals surface area contributed by atoms with Crippen LogP contribution < -0.4 is 10.1 Å². The second kappa shape index (κ2) is 8.87. The highest BCUT2D eigenvalue weighted by Crippen LogP contribution is 2.23. The topological polar surface area (TPSA) is 105 Å². The number of hydrogen-bond donors (Lipinski definition) is 1. The highest BCUT2D eigenvalue weighted by atomic mass is 32.2. The average molecular weight is 386 g/mol. The van der Waals surface area contributed by atoms with Crippen LogP contribution in [0.25, 0.3) is 0 Å². The molecular formula is C19H18N2O5S. The number of sulfone groups is 1. The molecule has 0 radical (unpaired) electrons. The van der Waals surface area contributed by atoms with Gasteiger partial charge in [-0.05, 0) is 43.3 Å². The van der Waals surface area contributed by atoms with Gasteiger partial charge in [-0.3, -0.25) is 0 Å². The molecule has 2 aromatic rings. The molecule has 0 aliphatic heterocycles. The number of carbonyl (C=O) groups is 1. The normalized spacial score (nSPS) is 11.4. The first-order valence-corrected chi connectivity index (χ1v) is 9.44. The second-order valence-corrected chi connectivity index (χ2v) is 7.13. The molecule has 0 aliphatic carbocycles. The molecule has 140 valence electrons. The van der Waals surface area contributed by atoms with E-state index in [0.717, 1.165) is 6.20 Å². The zero-order valence-corrected chi connectivity index (χ0v) is 15.6. The number of nitrogens with one attached hydrogen (secondary N) is 1. The van der Waals surface area contributed by atoms with Crippen molar-refractivity contribution in [2.75, 3.05) is 19.0 Å². The summed E-state index contributed by atoms with van der Waals surface area (Å²) in [6, 6.07) is 13.8. The molecule has 0 fully saturated rings. The molecule has 7 nitrogen and oxygen atoms in total. The molecule has 27 heavy (non-hydrogen) atoms. The highest BCUT2D eigenvalue weighted by molar-refractivity contribution is 7.95. The lowest BCUT2D eigenvalue weighted by molar-refractivity contribution is 0.0527. The number of anilines is 1. The monoisotopic (exact) mass is 386 g/mol. The molecule has 0 saturated carbocycles. The SMILES string of the molecule is CCOC(=O)c1ccccc1N/C=C(\C#N)S(=O)(=O)c1ccc(OC)cc1. The minimum atomic E-state index is -4.02. The quantitative estimate of drug-likeness (QED) is 0.575. The minimum Gasteiger partial charge on any atom is -0.497 e. The van der Waals surface area contributed by atoms with E-state index < -0.39 is 20.7 Å². The summed E-state index contributed by atoms with van der Waals surface area (Å²) >= 11 is 0. The van der Waals surface area contributed by atoms with E-state index >= 15 is 0 Å². The Hall–Kier alpha value is -3.31. The molecule has 0 spiro atoms. The Bertz CT molecular complexity index is 990. The van der Waals surface area contributed by atoms with Crippen molar-refractivity contribution in [3.8, 4) is 11.8 Å². The molecule has 1 N–H and O–H groups in total. The van der Waals surface area contributed by atoms with Gasteiger partial charge in [-0.25, -0.2) is 13.2 Å². The molecule has 2 aromatic carbocycles. The van der Waals surface area contributed by atoms with E-state index in [9.17, 15) is 18.5 Å². The van der Waals surface area contributed by atoms with Crippen molar-refractivity contribution in [2.24, 2.45) is 0 Å². The third-order valence-corrected chi connectivity index (χ3v) is 5.23. The molecule has 0 bridgehead atoms. The summed E-state index contributed by atoms with van der Waals surface area (Å²) in [5.74, 6) is -0.0524. The predicted octanol–water partition coefficient (Wildman–Crippen LogP) is 3.12. The van der Waals surface area contributed by atoms with Gasteiger partial charge in [0, 0.05) is 6.20 Å². The van der Waals surface area contributed by atoms with Crippen LogP contribution in [0, 0.1) is 11.3 Å². The zero-order valence-electron chi connectivity index (χ0n) is 14.8. The van der Waals surface area contributed by atoms with Crippen LogP contribution in [0.5, 0.6) is 5.75 Å². The van der Waals surface area contributed by atoms with E-state index in [2.05, 4.69) is 5.32 Å². The average Bonchev–Trinajstić information content (AvgIpc) is 2.68. The van der Waals surface area contributed by atoms with Crippen molar-refractivity contribution < 1.29 is 22.7 Å². The van der Waals surface area contributed by atoms with Crippen LogP contribution in [-0.2, 0) is 14.6 Å². The van der Waals surface area contributed by atoms with E-state index in [1.165, 1.54) is 37.4 Å². The van der Waals surface area contributed by atoms with Crippen LogP contribution in [0.1, 0.15) is 17.3 Å². The Morgan fingerprint density at radius 1 is 1.19 bits per heavy atom.